The summed E-state index contributed by atoms with van der Waals surface area (Å²) in [6.45, 7) is 4.93. The number of nitrogens with zero attached hydrogens (tertiary/aromatic N) is 5. The maximum absolute atomic E-state index is 15.1. The van der Waals surface area contributed by atoms with E-state index in [1.807, 2.05) is 0 Å². The Morgan fingerprint density at radius 2 is 1.97 bits per heavy atom. The number of aliphatic hydroxyl groups excluding tert-OH is 1. The number of carbonyl (C=O) groups is 1. The van der Waals surface area contributed by atoms with E-state index in [1.54, 1.807) is 44.9 Å². The maximum atomic E-state index is 15.1. The van der Waals surface area contributed by atoms with Gasteiger partial charge in [0, 0.05) is 30.8 Å². The minimum Gasteiger partial charge on any atom is -0.442 e. The molecule has 8 nitrogen and oxygen atoms in total. The SMILES string of the molecule is Cn1cc(-c2nn(C(=O)OC(C)(C)C)c3cnc(-c4c(F)ccc(CCO)c4F)cc23)cn1. The van der Waals surface area contributed by atoms with Gasteiger partial charge in [0.15, 0.2) is 0 Å². The van der Waals surface area contributed by atoms with Gasteiger partial charge in [0.2, 0.25) is 0 Å². The number of aromatic nitrogens is 5. The standard InChI is InChI=1S/C23H23F2N5O3/c1-23(2,3)33-22(32)30-18-11-26-17(19-16(24)6-5-13(7-8-31)20(19)25)9-15(18)21(28-30)14-10-27-29(4)12-14/h5-6,9-12,31H,7-8H2,1-4H3. The molecule has 0 radical (unpaired) electrons. The lowest BCUT2D eigenvalue weighted by atomic mass is 10.0. The second kappa shape index (κ2) is 8.36. The number of aliphatic hydroxyl groups is 1. The van der Waals surface area contributed by atoms with Crippen LogP contribution >= 0.6 is 0 Å². The number of aryl methyl sites for hydroxylation is 1. The van der Waals surface area contributed by atoms with Crippen molar-refractivity contribution in [3.05, 3.63) is 54.0 Å². The first-order chi connectivity index (χ1) is 15.6. The van der Waals surface area contributed by atoms with Gasteiger partial charge in [-0.05, 0) is 44.9 Å². The quantitative estimate of drug-likeness (QED) is 0.498. The third-order valence-corrected chi connectivity index (χ3v) is 4.92. The summed E-state index contributed by atoms with van der Waals surface area (Å²) >= 11 is 0. The van der Waals surface area contributed by atoms with Crippen molar-refractivity contribution in [1.29, 1.82) is 0 Å². The summed E-state index contributed by atoms with van der Waals surface area (Å²) in [4.78, 5) is 17.0. The Labute approximate surface area is 188 Å². The van der Waals surface area contributed by atoms with Gasteiger partial charge >= 0.3 is 6.09 Å². The lowest BCUT2D eigenvalue weighted by Gasteiger charge is -2.19. The number of rotatable bonds is 4. The lowest BCUT2D eigenvalue weighted by Crippen LogP contribution is -2.27. The lowest BCUT2D eigenvalue weighted by molar-refractivity contribution is 0.0523. The number of pyridine rings is 1. The minimum absolute atomic E-state index is 0.0335. The molecule has 0 saturated heterocycles. The molecule has 0 bridgehead atoms. The van der Waals surface area contributed by atoms with Crippen molar-refractivity contribution in [1.82, 2.24) is 24.5 Å². The van der Waals surface area contributed by atoms with Crippen molar-refractivity contribution >= 4 is 17.0 Å². The van der Waals surface area contributed by atoms with Crippen LogP contribution in [-0.4, -0.2) is 48.0 Å². The van der Waals surface area contributed by atoms with Gasteiger partial charge in [0.1, 0.15) is 22.9 Å². The van der Waals surface area contributed by atoms with Crippen molar-refractivity contribution in [3.63, 3.8) is 0 Å². The number of hydrogen-bond acceptors (Lipinski definition) is 6. The molecule has 0 aliphatic heterocycles. The number of ether oxygens (including phenoxy) is 1. The van der Waals surface area contributed by atoms with Gasteiger partial charge in [-0.2, -0.15) is 14.9 Å². The van der Waals surface area contributed by atoms with Crippen LogP contribution in [0.2, 0.25) is 0 Å². The average molecular weight is 455 g/mol. The van der Waals surface area contributed by atoms with Crippen molar-refractivity contribution in [2.24, 2.45) is 7.05 Å². The number of carbonyl (C=O) groups excluding carboxylic acids is 1. The predicted molar refractivity (Wildman–Crippen MR) is 118 cm³/mol. The van der Waals surface area contributed by atoms with Crippen LogP contribution < -0.4 is 0 Å². The Morgan fingerprint density at radius 3 is 2.61 bits per heavy atom. The molecule has 0 amide bonds. The largest absolute Gasteiger partial charge is 0.442 e. The van der Waals surface area contributed by atoms with E-state index in [2.05, 4.69) is 15.2 Å². The molecule has 1 aromatic carbocycles. The number of hydrogen-bond donors (Lipinski definition) is 1. The van der Waals surface area contributed by atoms with Gasteiger partial charge in [-0.15, -0.1) is 0 Å². The van der Waals surface area contributed by atoms with Gasteiger partial charge in [-0.3, -0.25) is 9.67 Å². The molecule has 3 aromatic heterocycles. The Kier molecular flexibility index (Phi) is 5.71. The highest BCUT2D eigenvalue weighted by Gasteiger charge is 2.25. The number of halogens is 2. The molecule has 4 rings (SSSR count). The van der Waals surface area contributed by atoms with Gasteiger partial charge in [0.25, 0.3) is 0 Å². The fourth-order valence-corrected chi connectivity index (χ4v) is 3.50. The summed E-state index contributed by atoms with van der Waals surface area (Å²) in [5, 5.41) is 18.2. The molecular weight excluding hydrogens is 432 g/mol. The summed E-state index contributed by atoms with van der Waals surface area (Å²) in [6, 6.07) is 3.92. The second-order valence-electron chi connectivity index (χ2n) is 8.60. The molecule has 0 unspecified atom stereocenters. The molecule has 0 spiro atoms. The van der Waals surface area contributed by atoms with Crippen LogP contribution in [0.1, 0.15) is 26.3 Å². The van der Waals surface area contributed by atoms with E-state index in [0.717, 1.165) is 10.7 Å². The summed E-state index contributed by atoms with van der Waals surface area (Å²) in [5.41, 5.74) is 0.455. The molecule has 3 heterocycles. The molecule has 1 N–H and O–H groups in total. The normalized spacial score (nSPS) is 11.8. The highest BCUT2D eigenvalue weighted by molar-refractivity contribution is 5.98. The molecule has 172 valence electrons. The van der Waals surface area contributed by atoms with Crippen LogP contribution in [0.15, 0.2) is 36.8 Å². The van der Waals surface area contributed by atoms with E-state index in [0.29, 0.717) is 22.2 Å². The third-order valence-electron chi connectivity index (χ3n) is 4.92. The van der Waals surface area contributed by atoms with E-state index < -0.39 is 23.3 Å². The Morgan fingerprint density at radius 1 is 1.21 bits per heavy atom. The van der Waals surface area contributed by atoms with Crippen molar-refractivity contribution in [2.75, 3.05) is 6.61 Å². The van der Waals surface area contributed by atoms with E-state index in [-0.39, 0.29) is 29.8 Å². The van der Waals surface area contributed by atoms with Crippen molar-refractivity contribution in [2.45, 2.75) is 32.8 Å². The zero-order valence-electron chi connectivity index (χ0n) is 18.6. The zero-order valence-corrected chi connectivity index (χ0v) is 18.6. The average Bonchev–Trinajstić information content (AvgIpc) is 3.32. The minimum atomic E-state index is -0.793. The molecule has 33 heavy (non-hydrogen) atoms. The summed E-state index contributed by atoms with van der Waals surface area (Å²) in [7, 11) is 1.74. The highest BCUT2D eigenvalue weighted by Crippen LogP contribution is 2.33. The van der Waals surface area contributed by atoms with E-state index >= 15 is 4.39 Å². The fourth-order valence-electron chi connectivity index (χ4n) is 3.50. The van der Waals surface area contributed by atoms with Crippen LogP contribution in [0.5, 0.6) is 0 Å². The molecule has 0 saturated carbocycles. The Hall–Kier alpha value is -3.66. The molecule has 4 aromatic rings. The van der Waals surface area contributed by atoms with Crippen LogP contribution in [0.3, 0.4) is 0 Å². The van der Waals surface area contributed by atoms with E-state index in [1.165, 1.54) is 18.3 Å². The topological polar surface area (TPSA) is 95.1 Å². The zero-order chi connectivity index (χ0) is 23.9. The molecule has 0 fully saturated rings. The molecule has 0 aliphatic rings. The first-order valence-electron chi connectivity index (χ1n) is 10.3. The van der Waals surface area contributed by atoms with E-state index in [9.17, 15) is 14.3 Å². The summed E-state index contributed by atoms with van der Waals surface area (Å²) < 4.78 is 37.8. The van der Waals surface area contributed by atoms with Gasteiger partial charge < -0.3 is 9.84 Å². The fraction of sp³-hybridized carbons (Fsp3) is 0.304. The van der Waals surface area contributed by atoms with Crippen LogP contribution in [-0.2, 0) is 18.2 Å². The van der Waals surface area contributed by atoms with Crippen LogP contribution in [0.25, 0.3) is 33.4 Å². The van der Waals surface area contributed by atoms with Gasteiger partial charge in [-0.1, -0.05) is 6.07 Å². The molecule has 0 aliphatic carbocycles. The molecular formula is C23H23F2N5O3. The Bertz CT molecular complexity index is 1350. The van der Waals surface area contributed by atoms with Crippen LogP contribution in [0.4, 0.5) is 13.6 Å². The molecule has 10 heteroatoms. The summed E-state index contributed by atoms with van der Waals surface area (Å²) in [5.74, 6) is -1.58. The maximum Gasteiger partial charge on any atom is 0.435 e. The number of fused-ring (bicyclic) bond motifs is 1. The first-order valence-corrected chi connectivity index (χ1v) is 10.3. The number of benzene rings is 1. The Balaban J connectivity index is 1.94. The first kappa shape index (κ1) is 22.5. The van der Waals surface area contributed by atoms with Crippen molar-refractivity contribution < 1.29 is 23.4 Å². The smallest absolute Gasteiger partial charge is 0.435 e. The van der Waals surface area contributed by atoms with Crippen molar-refractivity contribution in [3.8, 4) is 22.5 Å². The third kappa shape index (κ3) is 4.34. The second-order valence-corrected chi connectivity index (χ2v) is 8.60. The molecule has 0 atom stereocenters. The van der Waals surface area contributed by atoms with Gasteiger partial charge in [0.05, 0.1) is 29.2 Å². The van der Waals surface area contributed by atoms with Crippen LogP contribution in [0, 0.1) is 11.6 Å². The van der Waals surface area contributed by atoms with E-state index in [4.69, 9.17) is 4.74 Å². The predicted octanol–water partition coefficient (Wildman–Crippen LogP) is 4.10. The summed E-state index contributed by atoms with van der Waals surface area (Å²) in [6.07, 6.45) is 3.95. The monoisotopic (exact) mass is 455 g/mol. The highest BCUT2D eigenvalue weighted by atomic mass is 19.1. The van der Waals surface area contributed by atoms with Gasteiger partial charge in [-0.25, -0.2) is 13.6 Å².